The monoisotopic (exact) mass is 354 g/mol. The van der Waals surface area contributed by atoms with E-state index in [2.05, 4.69) is 26.6 Å². The van der Waals surface area contributed by atoms with Crippen molar-refractivity contribution in [1.82, 2.24) is 10.6 Å². The van der Waals surface area contributed by atoms with Crippen molar-refractivity contribution in [2.45, 2.75) is 32.2 Å². The van der Waals surface area contributed by atoms with Crippen LogP contribution in [0, 0.1) is 5.41 Å². The Morgan fingerprint density at radius 3 is 2.33 bits per heavy atom. The second-order valence-electron chi connectivity index (χ2n) is 5.46. The molecule has 0 heterocycles. The van der Waals surface area contributed by atoms with Crippen LogP contribution >= 0.6 is 15.9 Å². The number of aliphatic carboxylic acids is 1. The van der Waals surface area contributed by atoms with Crippen LogP contribution in [0.25, 0.3) is 0 Å². The third kappa shape index (κ3) is 4.20. The van der Waals surface area contributed by atoms with E-state index in [0.717, 1.165) is 22.9 Å². The molecule has 1 aromatic rings. The lowest BCUT2D eigenvalue weighted by Gasteiger charge is -2.24. The summed E-state index contributed by atoms with van der Waals surface area (Å²) in [5, 5.41) is 14.8. The van der Waals surface area contributed by atoms with Crippen molar-refractivity contribution < 1.29 is 14.7 Å². The Morgan fingerprint density at radius 2 is 1.76 bits per heavy atom. The third-order valence-electron chi connectivity index (χ3n) is 3.97. The summed E-state index contributed by atoms with van der Waals surface area (Å²) in [6.07, 6.45) is 3.09. The molecule has 0 aliphatic heterocycles. The van der Waals surface area contributed by atoms with Crippen LogP contribution in [0.5, 0.6) is 0 Å². The molecular formula is C15H19BrN2O3. The molecule has 114 valence electrons. The standard InChI is InChI=1S/C15H19BrN2O3/c16-12-5-3-11(4-6-12)9-17-14(21)18-10-15(13(19)20)7-1-2-8-15/h3-6H,1-2,7-10H2,(H,19,20)(H2,17,18,21). The summed E-state index contributed by atoms with van der Waals surface area (Å²) < 4.78 is 0.986. The van der Waals surface area contributed by atoms with Crippen molar-refractivity contribution in [1.29, 1.82) is 0 Å². The first-order valence-corrected chi connectivity index (χ1v) is 7.81. The number of rotatable bonds is 5. The predicted octanol–water partition coefficient (Wildman–Crippen LogP) is 2.89. The number of hydrogen-bond donors (Lipinski definition) is 3. The summed E-state index contributed by atoms with van der Waals surface area (Å²) in [4.78, 5) is 23.2. The van der Waals surface area contributed by atoms with Crippen molar-refractivity contribution in [3.63, 3.8) is 0 Å². The van der Waals surface area contributed by atoms with Gasteiger partial charge >= 0.3 is 12.0 Å². The van der Waals surface area contributed by atoms with Crippen LogP contribution in [-0.4, -0.2) is 23.7 Å². The van der Waals surface area contributed by atoms with Gasteiger partial charge in [-0.05, 0) is 30.5 Å². The first-order chi connectivity index (χ1) is 10.0. The second kappa shape index (κ2) is 6.93. The molecule has 5 nitrogen and oxygen atoms in total. The summed E-state index contributed by atoms with van der Waals surface area (Å²) in [6.45, 7) is 0.605. The minimum Gasteiger partial charge on any atom is -0.481 e. The number of carbonyl (C=O) groups is 2. The number of hydrogen-bond acceptors (Lipinski definition) is 2. The number of nitrogens with one attached hydrogen (secondary N) is 2. The molecule has 1 aliphatic rings. The lowest BCUT2D eigenvalue weighted by molar-refractivity contribution is -0.148. The average Bonchev–Trinajstić information content (AvgIpc) is 2.95. The van der Waals surface area contributed by atoms with E-state index in [-0.39, 0.29) is 12.6 Å². The van der Waals surface area contributed by atoms with Gasteiger partial charge in [0.25, 0.3) is 0 Å². The third-order valence-corrected chi connectivity index (χ3v) is 4.50. The summed E-state index contributed by atoms with van der Waals surface area (Å²) in [7, 11) is 0. The zero-order valence-corrected chi connectivity index (χ0v) is 13.3. The van der Waals surface area contributed by atoms with Gasteiger partial charge in [0.15, 0.2) is 0 Å². The summed E-state index contributed by atoms with van der Waals surface area (Å²) >= 11 is 3.35. The van der Waals surface area contributed by atoms with E-state index in [1.54, 1.807) is 0 Å². The highest BCUT2D eigenvalue weighted by molar-refractivity contribution is 9.10. The highest BCUT2D eigenvalue weighted by atomic mass is 79.9. The SMILES string of the molecule is O=C(NCc1ccc(Br)cc1)NCC1(C(=O)O)CCCC1. The molecule has 1 saturated carbocycles. The number of benzene rings is 1. The van der Waals surface area contributed by atoms with Gasteiger partial charge in [0.05, 0.1) is 5.41 Å². The van der Waals surface area contributed by atoms with Gasteiger partial charge in [0, 0.05) is 17.6 Å². The molecule has 2 rings (SSSR count). The fraction of sp³-hybridized carbons (Fsp3) is 0.467. The maximum Gasteiger partial charge on any atom is 0.315 e. The van der Waals surface area contributed by atoms with E-state index in [1.807, 2.05) is 24.3 Å². The molecule has 2 amide bonds. The lowest BCUT2D eigenvalue weighted by Crippen LogP contribution is -2.44. The van der Waals surface area contributed by atoms with Crippen LogP contribution in [0.4, 0.5) is 4.79 Å². The smallest absolute Gasteiger partial charge is 0.315 e. The van der Waals surface area contributed by atoms with Crippen LogP contribution in [0.3, 0.4) is 0 Å². The Bertz CT molecular complexity index is 510. The van der Waals surface area contributed by atoms with Crippen LogP contribution in [0.2, 0.25) is 0 Å². The first-order valence-electron chi connectivity index (χ1n) is 7.01. The van der Waals surface area contributed by atoms with Gasteiger partial charge in [-0.2, -0.15) is 0 Å². The maximum absolute atomic E-state index is 11.8. The van der Waals surface area contributed by atoms with Gasteiger partial charge in [0.1, 0.15) is 0 Å². The lowest BCUT2D eigenvalue weighted by atomic mass is 9.86. The summed E-state index contributed by atoms with van der Waals surface area (Å²) in [5.41, 5.74) is 0.205. The minimum absolute atomic E-state index is 0.189. The van der Waals surface area contributed by atoms with Gasteiger partial charge in [-0.3, -0.25) is 4.79 Å². The largest absolute Gasteiger partial charge is 0.481 e. The molecule has 6 heteroatoms. The van der Waals surface area contributed by atoms with Crippen molar-refractivity contribution in [3.8, 4) is 0 Å². The van der Waals surface area contributed by atoms with E-state index in [4.69, 9.17) is 0 Å². The number of carboxylic acids is 1. The van der Waals surface area contributed by atoms with E-state index in [1.165, 1.54) is 0 Å². The molecule has 0 aromatic heterocycles. The topological polar surface area (TPSA) is 78.4 Å². The fourth-order valence-electron chi connectivity index (χ4n) is 2.61. The van der Waals surface area contributed by atoms with E-state index in [9.17, 15) is 14.7 Å². The van der Waals surface area contributed by atoms with Gasteiger partial charge in [0.2, 0.25) is 0 Å². The molecule has 21 heavy (non-hydrogen) atoms. The summed E-state index contributed by atoms with van der Waals surface area (Å²) in [6, 6.07) is 7.32. The number of amides is 2. The van der Waals surface area contributed by atoms with Crippen LogP contribution in [0.1, 0.15) is 31.2 Å². The van der Waals surface area contributed by atoms with Crippen molar-refractivity contribution in [3.05, 3.63) is 34.3 Å². The number of urea groups is 1. The number of carbonyl (C=O) groups excluding carboxylic acids is 1. The predicted molar refractivity (Wildman–Crippen MR) is 82.9 cm³/mol. The normalized spacial score (nSPS) is 16.4. The zero-order chi connectivity index (χ0) is 15.3. The Hall–Kier alpha value is -1.56. The van der Waals surface area contributed by atoms with Crippen LogP contribution in [0.15, 0.2) is 28.7 Å². The minimum atomic E-state index is -0.812. The van der Waals surface area contributed by atoms with Crippen molar-refractivity contribution in [2.24, 2.45) is 5.41 Å². The molecule has 0 saturated heterocycles. The Balaban J connectivity index is 1.79. The molecule has 1 aromatic carbocycles. The molecule has 1 fully saturated rings. The van der Waals surface area contributed by atoms with Gasteiger partial charge in [-0.25, -0.2) is 4.79 Å². The van der Waals surface area contributed by atoms with Crippen LogP contribution < -0.4 is 10.6 Å². The van der Waals surface area contributed by atoms with Crippen molar-refractivity contribution >= 4 is 27.9 Å². The Morgan fingerprint density at radius 1 is 1.14 bits per heavy atom. The second-order valence-corrected chi connectivity index (χ2v) is 6.37. The molecular weight excluding hydrogens is 336 g/mol. The Kier molecular flexibility index (Phi) is 5.22. The number of carboxylic acid groups (broad SMARTS) is 1. The molecule has 0 radical (unpaired) electrons. The van der Waals surface area contributed by atoms with Gasteiger partial charge in [-0.1, -0.05) is 40.9 Å². The van der Waals surface area contributed by atoms with E-state index < -0.39 is 11.4 Å². The van der Waals surface area contributed by atoms with Gasteiger partial charge in [-0.15, -0.1) is 0 Å². The zero-order valence-electron chi connectivity index (χ0n) is 11.7. The first kappa shape index (κ1) is 15.8. The highest BCUT2D eigenvalue weighted by Gasteiger charge is 2.41. The van der Waals surface area contributed by atoms with Crippen molar-refractivity contribution in [2.75, 3.05) is 6.54 Å². The molecule has 0 bridgehead atoms. The molecule has 3 N–H and O–H groups in total. The fourth-order valence-corrected chi connectivity index (χ4v) is 2.88. The molecule has 0 atom stereocenters. The maximum atomic E-state index is 11.8. The number of halogens is 1. The quantitative estimate of drug-likeness (QED) is 0.760. The van der Waals surface area contributed by atoms with E-state index >= 15 is 0 Å². The summed E-state index contributed by atoms with van der Waals surface area (Å²) in [5.74, 6) is -0.812. The average molecular weight is 355 g/mol. The van der Waals surface area contributed by atoms with Gasteiger partial charge < -0.3 is 15.7 Å². The van der Waals surface area contributed by atoms with E-state index in [0.29, 0.717) is 19.4 Å². The highest BCUT2D eigenvalue weighted by Crippen LogP contribution is 2.37. The molecule has 1 aliphatic carbocycles. The molecule has 0 spiro atoms. The molecule has 0 unspecified atom stereocenters. The van der Waals surface area contributed by atoms with Crippen LogP contribution in [-0.2, 0) is 11.3 Å². The Labute approximate surface area is 132 Å².